The molecule has 9 heteroatoms. The van der Waals surface area contributed by atoms with Gasteiger partial charge in [-0.15, -0.1) is 0 Å². The summed E-state index contributed by atoms with van der Waals surface area (Å²) in [5, 5.41) is 0. The minimum absolute atomic E-state index is 0. The van der Waals surface area contributed by atoms with Gasteiger partial charge in [0.1, 0.15) is 0 Å². The van der Waals surface area contributed by atoms with Gasteiger partial charge >= 0.3 is 0 Å². The average Bonchev–Trinajstić information content (AvgIpc) is 3.01. The summed E-state index contributed by atoms with van der Waals surface area (Å²) in [4.78, 5) is 49.0. The van der Waals surface area contributed by atoms with Gasteiger partial charge in [-0.25, -0.2) is 16.4 Å². The van der Waals surface area contributed by atoms with E-state index in [1.807, 2.05) is 48.5 Å². The number of hydrogen-bond acceptors (Lipinski definition) is 6. The van der Waals surface area contributed by atoms with Crippen LogP contribution in [-0.4, -0.2) is 39.1 Å². The number of carbonyl (C=O) groups excluding carboxylic acids is 3. The molecule has 0 unspecified atom stereocenters. The number of rotatable bonds is 11. The molecule has 0 aliphatic rings. The summed E-state index contributed by atoms with van der Waals surface area (Å²) in [6.07, 6.45) is 2.02. The molecule has 9 nitrogen and oxygen atoms in total. The Kier molecular flexibility index (Phi) is 19.4. The summed E-state index contributed by atoms with van der Waals surface area (Å²) >= 11 is 0. The van der Waals surface area contributed by atoms with Crippen LogP contribution >= 0.6 is 0 Å². The number of aryl methyl sites for hydroxylation is 3. The molecule has 0 aliphatic heterocycles. The molecule has 0 aromatic heterocycles. The fourth-order valence-electron chi connectivity index (χ4n) is 4.53. The molecule has 3 rings (SSSR count). The maximum Gasteiger partial charge on any atom is 0.250 e. The lowest BCUT2D eigenvalue weighted by atomic mass is 9.77. The van der Waals surface area contributed by atoms with Crippen molar-refractivity contribution in [2.45, 2.75) is 89.0 Å². The summed E-state index contributed by atoms with van der Waals surface area (Å²) in [5.41, 5.74) is 12.8. The second kappa shape index (κ2) is 21.1. The van der Waals surface area contributed by atoms with E-state index in [4.69, 9.17) is 4.84 Å². The lowest BCUT2D eigenvalue weighted by Crippen LogP contribution is -2.41. The van der Waals surface area contributed by atoms with Crippen LogP contribution in [0.4, 0.5) is 0 Å². The van der Waals surface area contributed by atoms with Crippen molar-refractivity contribution in [3.05, 3.63) is 106 Å². The maximum absolute atomic E-state index is 12.6. The Labute approximate surface area is 295 Å². The summed E-state index contributed by atoms with van der Waals surface area (Å²) in [7, 11) is 4.33. The predicted octanol–water partition coefficient (Wildman–Crippen LogP) is 7.36. The number of benzene rings is 3. The monoisotopic (exact) mass is 679 g/mol. The predicted molar refractivity (Wildman–Crippen MR) is 198 cm³/mol. The molecule has 0 saturated heterocycles. The first-order valence-corrected chi connectivity index (χ1v) is 16.0. The number of hydroxylamine groups is 3. The zero-order valence-electron chi connectivity index (χ0n) is 31.0. The van der Waals surface area contributed by atoms with Gasteiger partial charge in [0.2, 0.25) is 17.7 Å². The number of amides is 3. The topological polar surface area (TPSA) is 115 Å². The molecule has 272 valence electrons. The standard InChI is InChI=1S/C20H25NO2.C13H19NO2.C6H13NO2.CH4/c1-15-5-9-17(10-6-15)13-20(3,19(22)21-23-4)14-18-11-7-16(2)8-12-18;1-10-5-7-11(8-6-10)9-13(2,3)12(15)14-16-4;1-6(2,3)5(8)7-9-4;/h5-12H,13-14H2,1-4H3,(H,21,22);5-8H,9H2,1-4H3,(H,14,15);1-4H3,(H,7,8);1H4. The fourth-order valence-corrected chi connectivity index (χ4v) is 4.53. The lowest BCUT2D eigenvalue weighted by molar-refractivity contribution is -0.141. The highest BCUT2D eigenvalue weighted by atomic mass is 16.6. The van der Waals surface area contributed by atoms with Crippen molar-refractivity contribution in [3.63, 3.8) is 0 Å². The highest BCUT2D eigenvalue weighted by Gasteiger charge is 2.34. The molecule has 3 aromatic carbocycles. The van der Waals surface area contributed by atoms with Crippen LogP contribution in [0.3, 0.4) is 0 Å². The highest BCUT2D eigenvalue weighted by molar-refractivity contribution is 5.82. The van der Waals surface area contributed by atoms with Crippen LogP contribution in [0.15, 0.2) is 72.8 Å². The molecular weight excluding hydrogens is 618 g/mol. The highest BCUT2D eigenvalue weighted by Crippen LogP contribution is 2.29. The van der Waals surface area contributed by atoms with E-state index in [1.165, 1.54) is 38.0 Å². The Hall–Kier alpha value is -4.05. The van der Waals surface area contributed by atoms with Gasteiger partial charge in [-0.05, 0) is 56.7 Å². The van der Waals surface area contributed by atoms with Crippen LogP contribution in [0, 0.1) is 37.0 Å². The Morgan fingerprint density at radius 2 is 0.776 bits per heavy atom. The van der Waals surface area contributed by atoms with E-state index < -0.39 is 10.8 Å². The maximum atomic E-state index is 12.6. The van der Waals surface area contributed by atoms with E-state index in [0.29, 0.717) is 19.3 Å². The van der Waals surface area contributed by atoms with Crippen LogP contribution in [0.1, 0.15) is 82.3 Å². The normalized spacial score (nSPS) is 11.0. The van der Waals surface area contributed by atoms with Crippen molar-refractivity contribution in [3.8, 4) is 0 Å². The zero-order valence-corrected chi connectivity index (χ0v) is 31.0. The molecule has 3 amide bonds. The molecule has 0 atom stereocenters. The van der Waals surface area contributed by atoms with E-state index in [-0.39, 0.29) is 30.6 Å². The summed E-state index contributed by atoms with van der Waals surface area (Å²) in [6.45, 7) is 17.4. The van der Waals surface area contributed by atoms with Crippen LogP contribution in [0.2, 0.25) is 0 Å². The van der Waals surface area contributed by atoms with E-state index >= 15 is 0 Å². The summed E-state index contributed by atoms with van der Waals surface area (Å²) < 4.78 is 0. The number of nitrogens with one attached hydrogen (secondary N) is 3. The molecule has 0 radical (unpaired) electrons. The Morgan fingerprint density at radius 1 is 0.490 bits per heavy atom. The number of hydrogen-bond donors (Lipinski definition) is 3. The van der Waals surface area contributed by atoms with Gasteiger partial charge in [0.15, 0.2) is 0 Å². The van der Waals surface area contributed by atoms with Crippen LogP contribution < -0.4 is 16.4 Å². The Bertz CT molecular complexity index is 1360. The van der Waals surface area contributed by atoms with Crippen LogP contribution in [0.25, 0.3) is 0 Å². The van der Waals surface area contributed by atoms with Gasteiger partial charge in [0, 0.05) is 10.8 Å². The third-order valence-electron chi connectivity index (χ3n) is 7.62. The third-order valence-corrected chi connectivity index (χ3v) is 7.62. The van der Waals surface area contributed by atoms with Crippen molar-refractivity contribution >= 4 is 17.7 Å². The molecular formula is C40H61N3O6. The van der Waals surface area contributed by atoms with Gasteiger partial charge in [-0.2, -0.15) is 0 Å². The summed E-state index contributed by atoms with van der Waals surface area (Å²) in [5.74, 6) is -0.304. The van der Waals surface area contributed by atoms with Gasteiger partial charge in [0.05, 0.1) is 26.7 Å². The SMILES string of the molecule is C.CONC(=O)C(C)(C)C.CONC(=O)C(C)(C)Cc1ccc(C)cc1.CONC(=O)C(C)(Cc1ccc(C)cc1)Cc1ccc(C)cc1. The van der Waals surface area contributed by atoms with E-state index in [0.717, 1.165) is 16.7 Å². The lowest BCUT2D eigenvalue weighted by Gasteiger charge is -2.28. The third kappa shape index (κ3) is 16.8. The van der Waals surface area contributed by atoms with Crippen molar-refractivity contribution < 1.29 is 28.9 Å². The van der Waals surface area contributed by atoms with Crippen LogP contribution in [-0.2, 0) is 48.2 Å². The molecule has 3 aromatic rings. The van der Waals surface area contributed by atoms with Gasteiger partial charge in [-0.3, -0.25) is 28.9 Å². The van der Waals surface area contributed by atoms with Crippen molar-refractivity contribution in [2.24, 2.45) is 16.2 Å². The molecule has 0 fully saturated rings. The van der Waals surface area contributed by atoms with Gasteiger partial charge in [-0.1, -0.05) is 138 Å². The van der Waals surface area contributed by atoms with E-state index in [2.05, 4.69) is 113 Å². The second-order valence-corrected chi connectivity index (χ2v) is 14.1. The van der Waals surface area contributed by atoms with Gasteiger partial charge < -0.3 is 0 Å². The largest absolute Gasteiger partial charge is 0.277 e. The minimum Gasteiger partial charge on any atom is -0.277 e. The first-order chi connectivity index (χ1) is 22.4. The fraction of sp³-hybridized carbons (Fsp3) is 0.475. The summed E-state index contributed by atoms with van der Waals surface area (Å²) in [6, 6.07) is 24.9. The second-order valence-electron chi connectivity index (χ2n) is 14.1. The molecule has 0 saturated carbocycles. The zero-order chi connectivity index (χ0) is 36.5. The molecule has 49 heavy (non-hydrogen) atoms. The van der Waals surface area contributed by atoms with E-state index in [1.54, 1.807) is 0 Å². The van der Waals surface area contributed by atoms with Crippen molar-refractivity contribution in [1.29, 1.82) is 0 Å². The van der Waals surface area contributed by atoms with E-state index in [9.17, 15) is 14.4 Å². The molecule has 0 aliphatic carbocycles. The quantitative estimate of drug-likeness (QED) is 0.183. The molecule has 0 heterocycles. The van der Waals surface area contributed by atoms with Gasteiger partial charge in [0.25, 0.3) is 0 Å². The molecule has 3 N–H and O–H groups in total. The first kappa shape index (κ1) is 45.0. The Balaban J connectivity index is 0.000000772. The van der Waals surface area contributed by atoms with Crippen molar-refractivity contribution in [2.75, 3.05) is 21.3 Å². The number of carbonyl (C=O) groups is 3. The van der Waals surface area contributed by atoms with Crippen molar-refractivity contribution in [1.82, 2.24) is 16.4 Å². The average molecular weight is 680 g/mol. The minimum atomic E-state index is -0.569. The first-order valence-electron chi connectivity index (χ1n) is 16.0. The van der Waals surface area contributed by atoms with Crippen LogP contribution in [0.5, 0.6) is 0 Å². The molecule has 0 spiro atoms. The molecule has 0 bridgehead atoms. The smallest absolute Gasteiger partial charge is 0.250 e. The Morgan fingerprint density at radius 3 is 1.06 bits per heavy atom.